The fourth-order valence-corrected chi connectivity index (χ4v) is 3.75. The first-order valence-electron chi connectivity index (χ1n) is 9.10. The summed E-state index contributed by atoms with van der Waals surface area (Å²) in [5.74, 6) is 0.487. The van der Waals surface area contributed by atoms with Gasteiger partial charge in [0.15, 0.2) is 0 Å². The molecule has 4 heteroatoms. The molecule has 0 spiro atoms. The second kappa shape index (κ2) is 7.95. The van der Waals surface area contributed by atoms with Gasteiger partial charge >= 0.3 is 0 Å². The molecule has 1 unspecified atom stereocenters. The monoisotopic (exact) mass is 327 g/mol. The van der Waals surface area contributed by atoms with Gasteiger partial charge in [-0.1, -0.05) is 43.2 Å². The Labute approximate surface area is 144 Å². The number of aryl methyl sites for hydroxylation is 1. The summed E-state index contributed by atoms with van der Waals surface area (Å²) in [5.41, 5.74) is 4.80. The fraction of sp³-hybridized carbons (Fsp3) is 0.550. The van der Waals surface area contributed by atoms with E-state index in [1.54, 1.807) is 0 Å². The molecule has 1 aromatic heterocycles. The highest BCUT2D eigenvalue weighted by atomic mass is 16.3. The number of aliphatic hydroxyl groups is 1. The van der Waals surface area contributed by atoms with Crippen molar-refractivity contribution in [2.45, 2.75) is 58.7 Å². The minimum absolute atomic E-state index is 0.215. The van der Waals surface area contributed by atoms with Crippen LogP contribution in [0.15, 0.2) is 30.3 Å². The molecule has 24 heavy (non-hydrogen) atoms. The minimum Gasteiger partial charge on any atom is -0.392 e. The first-order valence-corrected chi connectivity index (χ1v) is 9.10. The van der Waals surface area contributed by atoms with Crippen LogP contribution in [0.2, 0.25) is 0 Å². The lowest BCUT2D eigenvalue weighted by Gasteiger charge is -2.18. The molecule has 1 atom stereocenters. The van der Waals surface area contributed by atoms with E-state index < -0.39 is 0 Å². The molecule has 0 saturated heterocycles. The van der Waals surface area contributed by atoms with E-state index >= 15 is 0 Å². The van der Waals surface area contributed by atoms with E-state index in [2.05, 4.69) is 48.1 Å². The molecule has 3 rings (SSSR count). The molecule has 1 fully saturated rings. The highest BCUT2D eigenvalue weighted by molar-refractivity contribution is 5.26. The Morgan fingerprint density at radius 2 is 1.92 bits per heavy atom. The molecular weight excluding hydrogens is 298 g/mol. The molecule has 2 aromatic rings. The van der Waals surface area contributed by atoms with Gasteiger partial charge in [0.2, 0.25) is 0 Å². The molecule has 0 aliphatic heterocycles. The van der Waals surface area contributed by atoms with Crippen molar-refractivity contribution in [3.05, 3.63) is 52.8 Å². The van der Waals surface area contributed by atoms with Gasteiger partial charge in [0.25, 0.3) is 0 Å². The highest BCUT2D eigenvalue weighted by Crippen LogP contribution is 2.27. The van der Waals surface area contributed by atoms with Gasteiger partial charge in [0.1, 0.15) is 0 Å². The normalized spacial score (nSPS) is 16.6. The number of rotatable bonds is 7. The Hall–Kier alpha value is -1.65. The van der Waals surface area contributed by atoms with Gasteiger partial charge in [0.05, 0.1) is 18.3 Å². The van der Waals surface area contributed by atoms with Crippen LogP contribution < -0.4 is 5.32 Å². The molecule has 1 saturated carbocycles. The van der Waals surface area contributed by atoms with Crippen molar-refractivity contribution < 1.29 is 5.11 Å². The van der Waals surface area contributed by atoms with Crippen LogP contribution in [-0.2, 0) is 13.1 Å². The molecule has 2 N–H and O–H groups in total. The molecule has 130 valence electrons. The van der Waals surface area contributed by atoms with E-state index in [-0.39, 0.29) is 6.10 Å². The largest absolute Gasteiger partial charge is 0.392 e. The molecule has 1 aromatic carbocycles. The average Bonchev–Trinajstić information content (AvgIpc) is 3.20. The third-order valence-electron chi connectivity index (χ3n) is 5.31. The maximum atomic E-state index is 10.3. The van der Waals surface area contributed by atoms with Crippen LogP contribution in [-0.4, -0.2) is 27.5 Å². The summed E-state index contributed by atoms with van der Waals surface area (Å²) in [7, 11) is 0. The fourth-order valence-electron chi connectivity index (χ4n) is 3.75. The van der Waals surface area contributed by atoms with Crippen molar-refractivity contribution in [3.63, 3.8) is 0 Å². The predicted molar refractivity (Wildman–Crippen MR) is 96.9 cm³/mol. The van der Waals surface area contributed by atoms with Gasteiger partial charge in [-0.25, -0.2) is 0 Å². The molecule has 1 heterocycles. The standard InChI is InChI=1S/C20H29N3O/c1-15-19(12-21-13-20(24)18-10-6-7-11-18)16(2)23(22-15)14-17-8-4-3-5-9-17/h3-5,8-9,18,20-21,24H,6-7,10-14H2,1-2H3. The lowest BCUT2D eigenvalue weighted by Crippen LogP contribution is -2.31. The maximum Gasteiger partial charge on any atom is 0.0692 e. The lowest BCUT2D eigenvalue weighted by atomic mass is 10.0. The van der Waals surface area contributed by atoms with Crippen LogP contribution in [0.4, 0.5) is 0 Å². The molecule has 1 aliphatic rings. The lowest BCUT2D eigenvalue weighted by molar-refractivity contribution is 0.109. The van der Waals surface area contributed by atoms with E-state index in [0.29, 0.717) is 12.5 Å². The van der Waals surface area contributed by atoms with Gasteiger partial charge in [-0.2, -0.15) is 5.10 Å². The number of aliphatic hydroxyl groups excluding tert-OH is 1. The first kappa shape index (κ1) is 17.2. The van der Waals surface area contributed by atoms with Gasteiger partial charge in [-0.05, 0) is 38.2 Å². The predicted octanol–water partition coefficient (Wildman–Crippen LogP) is 3.19. The van der Waals surface area contributed by atoms with Crippen LogP contribution in [0.25, 0.3) is 0 Å². The quantitative estimate of drug-likeness (QED) is 0.821. The zero-order valence-electron chi connectivity index (χ0n) is 14.8. The van der Waals surface area contributed by atoms with Crippen molar-refractivity contribution in [1.82, 2.24) is 15.1 Å². The number of nitrogens with one attached hydrogen (secondary N) is 1. The van der Waals surface area contributed by atoms with Gasteiger partial charge < -0.3 is 10.4 Å². The first-order chi connectivity index (χ1) is 11.6. The summed E-state index contributed by atoms with van der Waals surface area (Å²) < 4.78 is 2.08. The zero-order chi connectivity index (χ0) is 16.9. The third-order valence-corrected chi connectivity index (χ3v) is 5.31. The van der Waals surface area contributed by atoms with Crippen molar-refractivity contribution >= 4 is 0 Å². The Morgan fingerprint density at radius 3 is 2.62 bits per heavy atom. The van der Waals surface area contributed by atoms with Gasteiger partial charge in [-0.3, -0.25) is 4.68 Å². The molecule has 0 bridgehead atoms. The Bertz CT molecular complexity index is 644. The van der Waals surface area contributed by atoms with Crippen molar-refractivity contribution in [1.29, 1.82) is 0 Å². The number of hydrogen-bond donors (Lipinski definition) is 2. The van der Waals surface area contributed by atoms with Crippen LogP contribution in [0.1, 0.15) is 48.2 Å². The summed E-state index contributed by atoms with van der Waals surface area (Å²) in [4.78, 5) is 0. The summed E-state index contributed by atoms with van der Waals surface area (Å²) in [6.07, 6.45) is 4.68. The Balaban J connectivity index is 1.57. The van der Waals surface area contributed by atoms with E-state index in [1.807, 2.05) is 6.07 Å². The molecule has 4 nitrogen and oxygen atoms in total. The number of benzene rings is 1. The van der Waals surface area contributed by atoms with Crippen LogP contribution in [0.3, 0.4) is 0 Å². The van der Waals surface area contributed by atoms with Crippen molar-refractivity contribution in [2.24, 2.45) is 5.92 Å². The van der Waals surface area contributed by atoms with Crippen molar-refractivity contribution in [3.8, 4) is 0 Å². The number of hydrogen-bond acceptors (Lipinski definition) is 3. The maximum absolute atomic E-state index is 10.3. The molecular formula is C20H29N3O. The van der Waals surface area contributed by atoms with E-state index in [0.717, 1.165) is 18.8 Å². The van der Waals surface area contributed by atoms with Crippen LogP contribution in [0.5, 0.6) is 0 Å². The highest BCUT2D eigenvalue weighted by Gasteiger charge is 2.22. The Morgan fingerprint density at radius 1 is 1.21 bits per heavy atom. The second-order valence-corrected chi connectivity index (χ2v) is 7.04. The molecule has 0 amide bonds. The van der Waals surface area contributed by atoms with Crippen LogP contribution in [0, 0.1) is 19.8 Å². The van der Waals surface area contributed by atoms with E-state index in [9.17, 15) is 5.11 Å². The minimum atomic E-state index is -0.215. The van der Waals surface area contributed by atoms with E-state index in [4.69, 9.17) is 5.10 Å². The second-order valence-electron chi connectivity index (χ2n) is 7.04. The number of aromatic nitrogens is 2. The van der Waals surface area contributed by atoms with Gasteiger partial charge in [0, 0.05) is 24.3 Å². The van der Waals surface area contributed by atoms with E-state index in [1.165, 1.54) is 42.5 Å². The van der Waals surface area contributed by atoms with Crippen molar-refractivity contribution in [2.75, 3.05) is 6.54 Å². The average molecular weight is 327 g/mol. The third kappa shape index (κ3) is 4.05. The Kier molecular flexibility index (Phi) is 5.69. The van der Waals surface area contributed by atoms with Gasteiger partial charge in [-0.15, -0.1) is 0 Å². The SMILES string of the molecule is Cc1nn(Cc2ccccc2)c(C)c1CNCC(O)C1CCCC1. The van der Waals surface area contributed by atoms with Crippen LogP contribution >= 0.6 is 0 Å². The summed E-state index contributed by atoms with van der Waals surface area (Å²) in [6, 6.07) is 10.4. The summed E-state index contributed by atoms with van der Waals surface area (Å²) >= 11 is 0. The summed E-state index contributed by atoms with van der Waals surface area (Å²) in [5, 5.41) is 18.4. The molecule has 0 radical (unpaired) electrons. The molecule has 1 aliphatic carbocycles. The topological polar surface area (TPSA) is 50.1 Å². The zero-order valence-corrected chi connectivity index (χ0v) is 14.8. The smallest absolute Gasteiger partial charge is 0.0692 e. The number of nitrogens with zero attached hydrogens (tertiary/aromatic N) is 2. The summed E-state index contributed by atoms with van der Waals surface area (Å²) in [6.45, 7) is 6.45.